The molecule has 5 heteroatoms. The van der Waals surface area contributed by atoms with E-state index in [1.165, 1.54) is 12.4 Å². The normalized spacial score (nSPS) is 10.6. The van der Waals surface area contributed by atoms with Gasteiger partial charge in [0.05, 0.1) is 22.7 Å². The van der Waals surface area contributed by atoms with Crippen molar-refractivity contribution < 1.29 is 4.39 Å². The average Bonchev–Trinajstić information content (AvgIpc) is 2.70. The molecule has 3 nitrogen and oxygen atoms in total. The second-order valence-corrected chi connectivity index (χ2v) is 3.44. The van der Waals surface area contributed by atoms with E-state index in [4.69, 9.17) is 17.3 Å². The van der Waals surface area contributed by atoms with Gasteiger partial charge in [-0.3, -0.25) is 4.57 Å². The number of nitrogens with two attached hydrogens (primary N) is 1. The Morgan fingerprint density at radius 3 is 3.00 bits per heavy atom. The molecule has 2 aromatic rings. The van der Waals surface area contributed by atoms with Crippen LogP contribution in [0.25, 0.3) is 5.69 Å². The van der Waals surface area contributed by atoms with Crippen LogP contribution >= 0.6 is 11.6 Å². The summed E-state index contributed by atoms with van der Waals surface area (Å²) in [6.07, 6.45) is 3.11. The quantitative estimate of drug-likeness (QED) is 0.851. The van der Waals surface area contributed by atoms with Crippen molar-refractivity contribution in [2.75, 3.05) is 0 Å². The van der Waals surface area contributed by atoms with Gasteiger partial charge in [-0.2, -0.15) is 0 Å². The molecule has 0 radical (unpaired) electrons. The monoisotopic (exact) mass is 225 g/mol. The van der Waals surface area contributed by atoms with Crippen LogP contribution in [-0.2, 0) is 6.54 Å². The number of rotatable bonds is 2. The lowest BCUT2D eigenvalue weighted by Crippen LogP contribution is -2.06. The SMILES string of the molecule is NCc1cncn1-c1cccc(Cl)c1F. The van der Waals surface area contributed by atoms with Gasteiger partial charge in [-0.05, 0) is 12.1 Å². The lowest BCUT2D eigenvalue weighted by Gasteiger charge is -2.08. The second kappa shape index (κ2) is 4.00. The van der Waals surface area contributed by atoms with Crippen molar-refractivity contribution >= 4 is 11.6 Å². The van der Waals surface area contributed by atoms with E-state index in [0.29, 0.717) is 12.2 Å². The summed E-state index contributed by atoms with van der Waals surface area (Å²) >= 11 is 5.69. The molecule has 0 aliphatic carbocycles. The zero-order valence-corrected chi connectivity index (χ0v) is 8.58. The van der Waals surface area contributed by atoms with E-state index < -0.39 is 5.82 Å². The van der Waals surface area contributed by atoms with Crippen molar-refractivity contribution in [2.24, 2.45) is 5.73 Å². The largest absolute Gasteiger partial charge is 0.325 e. The first-order valence-corrected chi connectivity index (χ1v) is 4.77. The molecule has 0 fully saturated rings. The van der Waals surface area contributed by atoms with E-state index in [2.05, 4.69) is 4.98 Å². The Morgan fingerprint density at radius 1 is 1.47 bits per heavy atom. The third-order valence-corrected chi connectivity index (χ3v) is 2.41. The Hall–Kier alpha value is -1.39. The van der Waals surface area contributed by atoms with Gasteiger partial charge in [0.2, 0.25) is 0 Å². The molecular formula is C10H9ClFN3. The Bertz CT molecular complexity index is 481. The van der Waals surface area contributed by atoms with Crippen LogP contribution in [-0.4, -0.2) is 9.55 Å². The van der Waals surface area contributed by atoms with E-state index >= 15 is 0 Å². The van der Waals surface area contributed by atoms with Crippen LogP contribution in [0.5, 0.6) is 0 Å². The van der Waals surface area contributed by atoms with Gasteiger partial charge < -0.3 is 5.73 Å². The summed E-state index contributed by atoms with van der Waals surface area (Å²) in [4.78, 5) is 3.91. The number of halogens is 2. The van der Waals surface area contributed by atoms with Gasteiger partial charge in [-0.1, -0.05) is 17.7 Å². The molecular weight excluding hydrogens is 217 g/mol. The van der Waals surface area contributed by atoms with Crippen LogP contribution in [0.4, 0.5) is 4.39 Å². The predicted octanol–water partition coefficient (Wildman–Crippen LogP) is 2.12. The second-order valence-electron chi connectivity index (χ2n) is 3.03. The summed E-state index contributed by atoms with van der Waals surface area (Å²) in [6.45, 7) is 0.298. The standard InChI is InChI=1S/C10H9ClFN3/c11-8-2-1-3-9(10(8)12)15-6-14-5-7(15)4-13/h1-3,5-6H,4,13H2. The van der Waals surface area contributed by atoms with Crippen molar-refractivity contribution in [3.63, 3.8) is 0 Å². The summed E-state index contributed by atoms with van der Waals surface area (Å²) in [7, 11) is 0. The lowest BCUT2D eigenvalue weighted by atomic mass is 10.3. The minimum atomic E-state index is -0.466. The molecule has 0 unspecified atom stereocenters. The lowest BCUT2D eigenvalue weighted by molar-refractivity contribution is 0.616. The summed E-state index contributed by atoms with van der Waals surface area (Å²) in [5.41, 5.74) is 6.60. The van der Waals surface area contributed by atoms with Gasteiger partial charge in [0.1, 0.15) is 0 Å². The van der Waals surface area contributed by atoms with Gasteiger partial charge in [-0.15, -0.1) is 0 Å². The van der Waals surface area contributed by atoms with Crippen LogP contribution in [0.3, 0.4) is 0 Å². The number of imidazole rings is 1. The highest BCUT2D eigenvalue weighted by molar-refractivity contribution is 6.30. The highest BCUT2D eigenvalue weighted by Crippen LogP contribution is 2.22. The zero-order chi connectivity index (χ0) is 10.8. The van der Waals surface area contributed by atoms with Crippen molar-refractivity contribution in [3.05, 3.63) is 47.3 Å². The summed E-state index contributed by atoms with van der Waals surface area (Å²) in [6, 6.07) is 4.81. The summed E-state index contributed by atoms with van der Waals surface area (Å²) < 4.78 is 15.2. The predicted molar refractivity (Wildman–Crippen MR) is 56.4 cm³/mol. The maximum Gasteiger partial charge on any atom is 0.165 e. The van der Waals surface area contributed by atoms with Crippen LogP contribution < -0.4 is 5.73 Å². The van der Waals surface area contributed by atoms with E-state index in [-0.39, 0.29) is 5.02 Å². The van der Waals surface area contributed by atoms with Gasteiger partial charge in [0.15, 0.2) is 5.82 Å². The molecule has 78 valence electrons. The van der Waals surface area contributed by atoms with Crippen LogP contribution in [0, 0.1) is 5.82 Å². The summed E-state index contributed by atoms with van der Waals surface area (Å²) in [5.74, 6) is -0.466. The fourth-order valence-corrected chi connectivity index (χ4v) is 1.54. The van der Waals surface area contributed by atoms with E-state index in [1.807, 2.05) is 0 Å². The highest BCUT2D eigenvalue weighted by atomic mass is 35.5. The Balaban J connectivity index is 2.59. The van der Waals surface area contributed by atoms with Gasteiger partial charge in [-0.25, -0.2) is 9.37 Å². The minimum Gasteiger partial charge on any atom is -0.325 e. The third-order valence-electron chi connectivity index (χ3n) is 2.12. The van der Waals surface area contributed by atoms with Crippen molar-refractivity contribution in [2.45, 2.75) is 6.54 Å². The van der Waals surface area contributed by atoms with Crippen LogP contribution in [0.15, 0.2) is 30.7 Å². The zero-order valence-electron chi connectivity index (χ0n) is 7.82. The minimum absolute atomic E-state index is 0.0872. The number of aromatic nitrogens is 2. The molecule has 0 saturated heterocycles. The fraction of sp³-hybridized carbons (Fsp3) is 0.100. The third kappa shape index (κ3) is 1.73. The van der Waals surface area contributed by atoms with E-state index in [9.17, 15) is 4.39 Å². The maximum absolute atomic E-state index is 13.7. The fourth-order valence-electron chi connectivity index (χ4n) is 1.37. The smallest absolute Gasteiger partial charge is 0.165 e. The molecule has 0 aliphatic heterocycles. The summed E-state index contributed by atoms with van der Waals surface area (Å²) in [5, 5.41) is 0.0872. The number of benzene rings is 1. The number of hydrogen-bond acceptors (Lipinski definition) is 2. The highest BCUT2D eigenvalue weighted by Gasteiger charge is 2.10. The van der Waals surface area contributed by atoms with E-state index in [0.717, 1.165) is 5.69 Å². The first-order valence-electron chi connectivity index (χ1n) is 4.39. The van der Waals surface area contributed by atoms with Crippen LogP contribution in [0.1, 0.15) is 5.69 Å². The molecule has 15 heavy (non-hydrogen) atoms. The number of hydrogen-bond donors (Lipinski definition) is 1. The van der Waals surface area contributed by atoms with Gasteiger partial charge in [0, 0.05) is 12.7 Å². The van der Waals surface area contributed by atoms with Gasteiger partial charge in [0.25, 0.3) is 0 Å². The molecule has 0 atom stereocenters. The maximum atomic E-state index is 13.7. The molecule has 1 heterocycles. The Kier molecular flexibility index (Phi) is 2.70. The Morgan fingerprint density at radius 2 is 2.27 bits per heavy atom. The molecule has 1 aromatic heterocycles. The molecule has 2 rings (SSSR count). The topological polar surface area (TPSA) is 43.8 Å². The molecule has 0 aliphatic rings. The van der Waals surface area contributed by atoms with Crippen LogP contribution in [0.2, 0.25) is 5.02 Å². The molecule has 0 spiro atoms. The van der Waals surface area contributed by atoms with Crippen molar-refractivity contribution in [1.29, 1.82) is 0 Å². The first-order chi connectivity index (χ1) is 7.24. The molecule has 0 saturated carbocycles. The molecule has 2 N–H and O–H groups in total. The van der Waals surface area contributed by atoms with Crippen molar-refractivity contribution in [3.8, 4) is 5.69 Å². The van der Waals surface area contributed by atoms with Gasteiger partial charge >= 0.3 is 0 Å². The average molecular weight is 226 g/mol. The number of nitrogens with zero attached hydrogens (tertiary/aromatic N) is 2. The van der Waals surface area contributed by atoms with Crippen molar-refractivity contribution in [1.82, 2.24) is 9.55 Å². The van der Waals surface area contributed by atoms with E-state index in [1.54, 1.807) is 22.9 Å². The molecule has 0 amide bonds. The first kappa shape index (κ1) is 10.1. The Labute approximate surface area is 91.3 Å². The molecule has 0 bridgehead atoms. The molecule has 1 aromatic carbocycles.